The number of hydrogen-bond acceptors (Lipinski definition) is 3. The van der Waals surface area contributed by atoms with E-state index >= 15 is 0 Å². The molecule has 1 aromatic carbocycles. The number of carbonyl (C=O) groups excluding carboxylic acids is 2. The lowest BCUT2D eigenvalue weighted by Gasteiger charge is -2.37. The second-order valence-electron chi connectivity index (χ2n) is 7.84. The van der Waals surface area contributed by atoms with Gasteiger partial charge >= 0.3 is 0 Å². The normalized spacial score (nSPS) is 21.0. The summed E-state index contributed by atoms with van der Waals surface area (Å²) in [4.78, 5) is 33.5. The maximum Gasteiger partial charge on any atom is 0.227 e. The Kier molecular flexibility index (Phi) is 5.70. The molecule has 5 heteroatoms. The van der Waals surface area contributed by atoms with Gasteiger partial charge in [-0.2, -0.15) is 0 Å². The average molecular weight is 377 g/mol. The van der Waals surface area contributed by atoms with Gasteiger partial charge in [0, 0.05) is 32.3 Å². The van der Waals surface area contributed by atoms with E-state index in [1.807, 2.05) is 29.2 Å². The van der Waals surface area contributed by atoms with E-state index in [1.54, 1.807) is 11.1 Å². The number of amides is 2. The van der Waals surface area contributed by atoms with Crippen LogP contribution in [0.2, 0.25) is 0 Å². The second kappa shape index (κ2) is 8.55. The molecule has 2 aliphatic heterocycles. The minimum absolute atomic E-state index is 0.0883. The first-order chi connectivity index (χ1) is 13.7. The topological polar surface area (TPSA) is 53.5 Å². The van der Waals surface area contributed by atoms with Gasteiger partial charge in [-0.3, -0.25) is 14.6 Å². The zero-order valence-electron chi connectivity index (χ0n) is 16.2. The molecule has 0 bridgehead atoms. The number of carbonyl (C=O) groups is 2. The summed E-state index contributed by atoms with van der Waals surface area (Å²) in [6, 6.07) is 16.3. The summed E-state index contributed by atoms with van der Waals surface area (Å²) >= 11 is 0. The fraction of sp³-hybridized carbons (Fsp3) is 0.435. The number of likely N-dealkylation sites (tertiary alicyclic amines) is 2. The number of piperidine rings is 2. The minimum Gasteiger partial charge on any atom is -0.342 e. The summed E-state index contributed by atoms with van der Waals surface area (Å²) in [6.45, 7) is 2.61. The maximum atomic E-state index is 13.1. The van der Waals surface area contributed by atoms with Gasteiger partial charge in [0.25, 0.3) is 0 Å². The molecule has 0 radical (unpaired) electrons. The van der Waals surface area contributed by atoms with Gasteiger partial charge in [-0.05, 0) is 42.9 Å². The molecule has 0 aliphatic carbocycles. The lowest BCUT2D eigenvalue weighted by molar-refractivity contribution is -0.144. The van der Waals surface area contributed by atoms with Gasteiger partial charge in [-0.25, -0.2) is 0 Å². The molecule has 2 saturated heterocycles. The van der Waals surface area contributed by atoms with Crippen LogP contribution in [0.25, 0.3) is 0 Å². The molecular weight excluding hydrogens is 350 g/mol. The number of benzene rings is 1. The van der Waals surface area contributed by atoms with E-state index in [0.717, 1.165) is 31.6 Å². The van der Waals surface area contributed by atoms with Crippen molar-refractivity contribution >= 4 is 11.8 Å². The highest BCUT2D eigenvalue weighted by Gasteiger charge is 2.34. The van der Waals surface area contributed by atoms with Crippen molar-refractivity contribution in [2.45, 2.75) is 38.1 Å². The number of rotatable bonds is 4. The van der Waals surface area contributed by atoms with Crippen LogP contribution in [-0.2, 0) is 16.1 Å². The molecule has 1 atom stereocenters. The molecule has 3 heterocycles. The van der Waals surface area contributed by atoms with Crippen molar-refractivity contribution in [3.8, 4) is 0 Å². The van der Waals surface area contributed by atoms with E-state index in [4.69, 9.17) is 0 Å². The second-order valence-corrected chi connectivity index (χ2v) is 7.84. The Hall–Kier alpha value is -2.69. The predicted octanol–water partition coefficient (Wildman–Crippen LogP) is 3.23. The molecule has 5 nitrogen and oxygen atoms in total. The molecule has 0 spiro atoms. The van der Waals surface area contributed by atoms with Gasteiger partial charge in [0.2, 0.25) is 11.8 Å². The Balaban J connectivity index is 1.34. The number of hydrogen-bond donors (Lipinski definition) is 0. The first-order valence-corrected chi connectivity index (χ1v) is 10.2. The Morgan fingerprint density at radius 1 is 1.00 bits per heavy atom. The van der Waals surface area contributed by atoms with Gasteiger partial charge < -0.3 is 9.80 Å². The summed E-state index contributed by atoms with van der Waals surface area (Å²) < 4.78 is 0. The van der Waals surface area contributed by atoms with Crippen molar-refractivity contribution in [2.24, 2.45) is 5.92 Å². The lowest BCUT2D eigenvalue weighted by atomic mass is 9.88. The number of pyridine rings is 1. The van der Waals surface area contributed by atoms with Gasteiger partial charge in [-0.15, -0.1) is 0 Å². The first kappa shape index (κ1) is 18.7. The predicted molar refractivity (Wildman–Crippen MR) is 107 cm³/mol. The Bertz CT molecular complexity index is 801. The number of aromatic nitrogens is 1. The van der Waals surface area contributed by atoms with E-state index in [-0.39, 0.29) is 17.7 Å². The Morgan fingerprint density at radius 3 is 2.46 bits per heavy atom. The number of nitrogens with zero attached hydrogens (tertiary/aromatic N) is 3. The summed E-state index contributed by atoms with van der Waals surface area (Å²) in [5, 5.41) is 0. The standard InChI is InChI=1S/C23H27N3O2/c27-22-10-9-20(16-26(22)17-21-8-4-5-13-24-21)23(28)25-14-11-19(12-15-25)18-6-2-1-3-7-18/h1-8,13,19-20H,9-12,14-17H2. The molecule has 0 saturated carbocycles. The smallest absolute Gasteiger partial charge is 0.227 e. The monoisotopic (exact) mass is 377 g/mol. The van der Waals surface area contributed by atoms with Crippen LogP contribution in [0.1, 0.15) is 42.9 Å². The SMILES string of the molecule is O=C1CCC(C(=O)N2CCC(c3ccccc3)CC2)CN1Cc1ccccn1. The summed E-state index contributed by atoms with van der Waals surface area (Å²) in [5.41, 5.74) is 2.24. The van der Waals surface area contributed by atoms with Gasteiger partial charge in [0.1, 0.15) is 0 Å². The third-order valence-electron chi connectivity index (χ3n) is 6.01. The van der Waals surface area contributed by atoms with Crippen molar-refractivity contribution in [3.05, 3.63) is 66.0 Å². The van der Waals surface area contributed by atoms with Crippen LogP contribution in [0.5, 0.6) is 0 Å². The van der Waals surface area contributed by atoms with E-state index in [9.17, 15) is 9.59 Å². The molecule has 2 amide bonds. The largest absolute Gasteiger partial charge is 0.342 e. The molecule has 2 aromatic rings. The highest BCUT2D eigenvalue weighted by atomic mass is 16.2. The third kappa shape index (κ3) is 4.24. The first-order valence-electron chi connectivity index (χ1n) is 10.2. The maximum absolute atomic E-state index is 13.1. The molecule has 28 heavy (non-hydrogen) atoms. The van der Waals surface area contributed by atoms with Crippen molar-refractivity contribution in [3.63, 3.8) is 0 Å². The van der Waals surface area contributed by atoms with Gasteiger partial charge in [0.15, 0.2) is 0 Å². The van der Waals surface area contributed by atoms with Gasteiger partial charge in [-0.1, -0.05) is 36.4 Å². The zero-order valence-corrected chi connectivity index (χ0v) is 16.2. The molecule has 0 N–H and O–H groups in total. The van der Waals surface area contributed by atoms with Crippen LogP contribution in [0.4, 0.5) is 0 Å². The molecule has 1 aromatic heterocycles. The van der Waals surface area contributed by atoms with Crippen LogP contribution in [-0.4, -0.2) is 46.2 Å². The van der Waals surface area contributed by atoms with Crippen LogP contribution >= 0.6 is 0 Å². The molecule has 2 fully saturated rings. The van der Waals surface area contributed by atoms with Crippen molar-refractivity contribution in [1.82, 2.24) is 14.8 Å². The van der Waals surface area contributed by atoms with Gasteiger partial charge in [0.05, 0.1) is 18.2 Å². The van der Waals surface area contributed by atoms with Crippen molar-refractivity contribution < 1.29 is 9.59 Å². The molecule has 4 rings (SSSR count). The zero-order chi connectivity index (χ0) is 19.3. The highest BCUT2D eigenvalue weighted by Crippen LogP contribution is 2.29. The molecule has 1 unspecified atom stereocenters. The van der Waals surface area contributed by atoms with Crippen LogP contribution in [0.15, 0.2) is 54.7 Å². The van der Waals surface area contributed by atoms with Crippen LogP contribution in [0.3, 0.4) is 0 Å². The lowest BCUT2D eigenvalue weighted by Crippen LogP contribution is -2.48. The average Bonchev–Trinajstić information content (AvgIpc) is 2.76. The Labute approximate surface area is 166 Å². The fourth-order valence-electron chi connectivity index (χ4n) is 4.37. The van der Waals surface area contributed by atoms with Crippen LogP contribution in [0, 0.1) is 5.92 Å². The molecule has 146 valence electrons. The third-order valence-corrected chi connectivity index (χ3v) is 6.01. The van der Waals surface area contributed by atoms with Crippen molar-refractivity contribution in [1.29, 1.82) is 0 Å². The van der Waals surface area contributed by atoms with Crippen molar-refractivity contribution in [2.75, 3.05) is 19.6 Å². The highest BCUT2D eigenvalue weighted by molar-refractivity contribution is 5.84. The van der Waals surface area contributed by atoms with E-state index in [2.05, 4.69) is 29.2 Å². The van der Waals surface area contributed by atoms with E-state index in [0.29, 0.717) is 31.8 Å². The summed E-state index contributed by atoms with van der Waals surface area (Å²) in [7, 11) is 0. The fourth-order valence-corrected chi connectivity index (χ4v) is 4.37. The van der Waals surface area contributed by atoms with Crippen LogP contribution < -0.4 is 0 Å². The Morgan fingerprint density at radius 2 is 1.75 bits per heavy atom. The summed E-state index contributed by atoms with van der Waals surface area (Å²) in [5.74, 6) is 0.788. The van der Waals surface area contributed by atoms with E-state index < -0.39 is 0 Å². The summed E-state index contributed by atoms with van der Waals surface area (Å²) in [6.07, 6.45) is 4.88. The minimum atomic E-state index is -0.0883. The molecule has 2 aliphatic rings. The van der Waals surface area contributed by atoms with E-state index in [1.165, 1.54) is 5.56 Å². The molecular formula is C23H27N3O2. The quantitative estimate of drug-likeness (QED) is 0.822.